The number of amides is 1. The predicted octanol–water partition coefficient (Wildman–Crippen LogP) is 2.79. The molecule has 1 aliphatic carbocycles. The largest absolute Gasteiger partial charge is 0.394 e. The van der Waals surface area contributed by atoms with Crippen molar-refractivity contribution < 1.29 is 9.90 Å². The van der Waals surface area contributed by atoms with E-state index < -0.39 is 0 Å². The Morgan fingerprint density at radius 1 is 1.41 bits per heavy atom. The number of piperidine rings is 1. The number of aromatic nitrogens is 1. The van der Waals surface area contributed by atoms with E-state index >= 15 is 0 Å². The Labute approximate surface area is 168 Å². The van der Waals surface area contributed by atoms with Gasteiger partial charge in [0.25, 0.3) is 0 Å². The summed E-state index contributed by atoms with van der Waals surface area (Å²) in [6.45, 7) is 2.75. The summed E-state index contributed by atoms with van der Waals surface area (Å²) in [6.07, 6.45) is 2.63. The molecule has 1 amide bonds. The van der Waals surface area contributed by atoms with Gasteiger partial charge in [-0.3, -0.25) is 4.79 Å². The van der Waals surface area contributed by atoms with Gasteiger partial charge < -0.3 is 19.9 Å². The number of aliphatic hydroxyl groups is 1. The van der Waals surface area contributed by atoms with E-state index in [1.54, 1.807) is 0 Å². The summed E-state index contributed by atoms with van der Waals surface area (Å²) in [7, 11) is 4.25. The highest BCUT2D eigenvalue weighted by molar-refractivity contribution is 9.10. The molecule has 3 unspecified atom stereocenters. The Hall–Kier alpha value is -1.37. The highest BCUT2D eigenvalue weighted by Crippen LogP contribution is 2.47. The number of likely N-dealkylation sites (N-methyl/N-ethyl adjacent to an activating group) is 1. The topological polar surface area (TPSA) is 57.5 Å². The van der Waals surface area contributed by atoms with Crippen molar-refractivity contribution >= 4 is 32.7 Å². The first-order valence-corrected chi connectivity index (χ1v) is 10.6. The molecule has 2 aromatic rings. The maximum absolute atomic E-state index is 12.8. The molecular weight excluding hydrogens is 406 g/mol. The van der Waals surface area contributed by atoms with Crippen LogP contribution in [0.1, 0.15) is 36.8 Å². The summed E-state index contributed by atoms with van der Waals surface area (Å²) < 4.78 is 3.40. The van der Waals surface area contributed by atoms with Crippen molar-refractivity contribution in [1.82, 2.24) is 14.8 Å². The first-order chi connectivity index (χ1) is 13.0. The highest BCUT2D eigenvalue weighted by atomic mass is 79.9. The third kappa shape index (κ3) is 3.02. The van der Waals surface area contributed by atoms with E-state index in [4.69, 9.17) is 0 Å². The van der Waals surface area contributed by atoms with E-state index in [1.165, 1.54) is 26.6 Å². The molecule has 5 nitrogen and oxygen atoms in total. The number of aryl methyl sites for hydroxylation is 1. The lowest BCUT2D eigenvalue weighted by atomic mass is 9.72. The number of carbonyl (C=O) groups excluding carboxylic acids is 1. The molecule has 0 spiro atoms. The molecule has 1 saturated heterocycles. The lowest BCUT2D eigenvalue weighted by Crippen LogP contribution is -2.52. The molecule has 1 aromatic heterocycles. The van der Waals surface area contributed by atoms with Gasteiger partial charge in [0.05, 0.1) is 23.2 Å². The first kappa shape index (κ1) is 19.0. The average Bonchev–Trinajstić information content (AvgIpc) is 2.92. The number of likely N-dealkylation sites (tertiary alicyclic amines) is 1. The van der Waals surface area contributed by atoms with Crippen molar-refractivity contribution in [2.24, 2.45) is 13.0 Å². The van der Waals surface area contributed by atoms with Gasteiger partial charge in [-0.05, 0) is 59.4 Å². The molecule has 6 heteroatoms. The summed E-state index contributed by atoms with van der Waals surface area (Å²) in [5, 5.41) is 13.8. The van der Waals surface area contributed by atoms with Gasteiger partial charge in [0.2, 0.25) is 5.91 Å². The van der Waals surface area contributed by atoms with E-state index in [2.05, 4.69) is 63.0 Å². The van der Waals surface area contributed by atoms with Crippen molar-refractivity contribution in [3.05, 3.63) is 33.9 Å². The van der Waals surface area contributed by atoms with E-state index in [9.17, 15) is 9.90 Å². The van der Waals surface area contributed by atoms with Crippen LogP contribution >= 0.6 is 15.9 Å². The van der Waals surface area contributed by atoms with Crippen LogP contribution in [0.4, 0.5) is 0 Å². The number of hydrogen-bond acceptors (Lipinski definition) is 3. The molecule has 4 rings (SSSR count). The zero-order valence-corrected chi connectivity index (χ0v) is 17.8. The van der Waals surface area contributed by atoms with Crippen molar-refractivity contribution in [1.29, 1.82) is 0 Å². The van der Waals surface area contributed by atoms with Crippen molar-refractivity contribution in [2.75, 3.05) is 20.2 Å². The number of carbonyl (C=O) groups is 1. The molecule has 27 heavy (non-hydrogen) atoms. The Morgan fingerprint density at radius 3 is 2.89 bits per heavy atom. The minimum Gasteiger partial charge on any atom is -0.394 e. The maximum atomic E-state index is 12.8. The van der Waals surface area contributed by atoms with Gasteiger partial charge in [0, 0.05) is 36.5 Å². The molecule has 0 saturated carbocycles. The van der Waals surface area contributed by atoms with Crippen LogP contribution in [0.25, 0.3) is 10.9 Å². The summed E-state index contributed by atoms with van der Waals surface area (Å²) in [5.41, 5.74) is 4.03. The van der Waals surface area contributed by atoms with Crippen molar-refractivity contribution in [3.63, 3.8) is 0 Å². The van der Waals surface area contributed by atoms with Crippen LogP contribution in [0.3, 0.4) is 0 Å². The van der Waals surface area contributed by atoms with Gasteiger partial charge in [-0.15, -0.1) is 0 Å². The molecule has 1 aromatic carbocycles. The van der Waals surface area contributed by atoms with E-state index in [1.807, 2.05) is 6.92 Å². The lowest BCUT2D eigenvalue weighted by molar-refractivity contribution is -0.128. The summed E-state index contributed by atoms with van der Waals surface area (Å²) in [5.74, 6) is 0.397. The van der Waals surface area contributed by atoms with Crippen LogP contribution in [0.2, 0.25) is 0 Å². The minimum absolute atomic E-state index is 0.00242. The predicted molar refractivity (Wildman–Crippen MR) is 111 cm³/mol. The molecule has 2 aliphatic rings. The molecule has 2 N–H and O–H groups in total. The van der Waals surface area contributed by atoms with Gasteiger partial charge >= 0.3 is 0 Å². The van der Waals surface area contributed by atoms with Crippen LogP contribution in [0.15, 0.2) is 22.8 Å². The van der Waals surface area contributed by atoms with Crippen LogP contribution in [-0.4, -0.2) is 52.8 Å². The standard InChI is InChI=1S/C21H28BrN3O2/c1-4-13(11-26)23-21(27)12-8-15-14-6-5-7-17-19(14)16(20(22)25(17)3)9-18(15)24(2)10-12/h5-7,12-13,15,18,26H,4,8-11H2,1-3H3,(H,23,27)/t12?,13?,15?,18-/m1/s1. The fourth-order valence-corrected chi connectivity index (χ4v) is 5.58. The summed E-state index contributed by atoms with van der Waals surface area (Å²) >= 11 is 3.79. The molecule has 1 aliphatic heterocycles. The zero-order chi connectivity index (χ0) is 19.3. The Morgan fingerprint density at radius 2 is 2.19 bits per heavy atom. The summed E-state index contributed by atoms with van der Waals surface area (Å²) in [6, 6.07) is 6.83. The summed E-state index contributed by atoms with van der Waals surface area (Å²) in [4.78, 5) is 15.2. The number of nitrogens with zero attached hydrogens (tertiary/aromatic N) is 2. The van der Waals surface area contributed by atoms with Crippen LogP contribution < -0.4 is 5.32 Å². The van der Waals surface area contributed by atoms with E-state index in [-0.39, 0.29) is 24.5 Å². The fraction of sp³-hybridized carbons (Fsp3) is 0.571. The van der Waals surface area contributed by atoms with Gasteiger partial charge in [-0.2, -0.15) is 0 Å². The molecule has 1 fully saturated rings. The van der Waals surface area contributed by atoms with E-state index in [0.717, 1.165) is 25.8 Å². The zero-order valence-electron chi connectivity index (χ0n) is 16.2. The first-order valence-electron chi connectivity index (χ1n) is 9.83. The van der Waals surface area contributed by atoms with Crippen LogP contribution in [0.5, 0.6) is 0 Å². The number of nitrogens with one attached hydrogen (secondary N) is 1. The van der Waals surface area contributed by atoms with Crippen LogP contribution in [-0.2, 0) is 18.3 Å². The van der Waals surface area contributed by atoms with Gasteiger partial charge in [-0.25, -0.2) is 0 Å². The molecule has 4 atom stereocenters. The molecule has 0 bridgehead atoms. The quantitative estimate of drug-likeness (QED) is 0.778. The maximum Gasteiger partial charge on any atom is 0.224 e. The number of rotatable bonds is 4. The Balaban J connectivity index is 1.68. The third-order valence-corrected chi connectivity index (χ3v) is 7.61. The highest BCUT2D eigenvalue weighted by Gasteiger charge is 2.42. The number of hydrogen-bond donors (Lipinski definition) is 2. The number of aliphatic hydroxyl groups excluding tert-OH is 1. The lowest BCUT2D eigenvalue weighted by Gasteiger charge is -2.45. The second-order valence-corrected chi connectivity index (χ2v) is 8.87. The van der Waals surface area contributed by atoms with Gasteiger partial charge in [0.15, 0.2) is 0 Å². The third-order valence-electron chi connectivity index (χ3n) is 6.60. The van der Waals surface area contributed by atoms with Crippen molar-refractivity contribution in [2.45, 2.75) is 44.2 Å². The van der Waals surface area contributed by atoms with Crippen LogP contribution in [0, 0.1) is 5.92 Å². The SMILES string of the molecule is CCC(CO)NC(=O)C1CC2c3cccc4c3c(c(Br)n4C)C[C@H]2N(C)C1. The molecule has 0 radical (unpaired) electrons. The second kappa shape index (κ2) is 7.22. The molecule has 146 valence electrons. The van der Waals surface area contributed by atoms with E-state index in [0.29, 0.717) is 12.0 Å². The molecular formula is C21H28BrN3O2. The molecule has 2 heterocycles. The Bertz CT molecular complexity index is 874. The average molecular weight is 434 g/mol. The Kier molecular flexibility index (Phi) is 5.08. The smallest absolute Gasteiger partial charge is 0.224 e. The minimum atomic E-state index is -0.146. The van der Waals surface area contributed by atoms with Gasteiger partial charge in [0.1, 0.15) is 0 Å². The van der Waals surface area contributed by atoms with Gasteiger partial charge in [-0.1, -0.05) is 19.1 Å². The fourth-order valence-electron chi connectivity index (χ4n) is 5.03. The number of fused-ring (bicyclic) bond motifs is 2. The second-order valence-electron chi connectivity index (χ2n) is 8.12. The normalized spacial score (nSPS) is 26.0. The van der Waals surface area contributed by atoms with Crippen molar-refractivity contribution in [3.8, 4) is 0 Å². The number of benzene rings is 1. The monoisotopic (exact) mass is 433 g/mol. The number of halogens is 1.